The monoisotopic (exact) mass is 314 g/mol. The molecule has 2 amide bonds. The second kappa shape index (κ2) is 6.46. The van der Waals surface area contributed by atoms with Crippen molar-refractivity contribution < 1.29 is 9.59 Å². The second-order valence-corrected chi connectivity index (χ2v) is 5.65. The highest BCUT2D eigenvalue weighted by atomic mass is 35.5. The number of carbonyl (C=O) groups excluding carboxylic acids is 2. The van der Waals surface area contributed by atoms with Crippen LogP contribution in [0.2, 0.25) is 10.0 Å². The molecular formula is C14H16Cl2N2O2. The van der Waals surface area contributed by atoms with Crippen molar-refractivity contribution in [3.8, 4) is 0 Å². The topological polar surface area (TPSA) is 49.4 Å². The quantitative estimate of drug-likeness (QED) is 0.908. The lowest BCUT2D eigenvalue weighted by molar-refractivity contribution is -0.122. The van der Waals surface area contributed by atoms with E-state index in [4.69, 9.17) is 23.2 Å². The van der Waals surface area contributed by atoms with E-state index in [1.54, 1.807) is 23.1 Å². The van der Waals surface area contributed by atoms with E-state index in [9.17, 15) is 9.59 Å². The lowest BCUT2D eigenvalue weighted by Crippen LogP contribution is -2.38. The Bertz CT molecular complexity index is 530. The van der Waals surface area contributed by atoms with Crippen LogP contribution in [0.5, 0.6) is 0 Å². The average Bonchev–Trinajstić information content (AvgIpc) is 3.22. The molecule has 1 N–H and O–H groups in total. The molecule has 1 aliphatic carbocycles. The standard InChI is InChI=1S/C14H16Cl2N2O2/c1-9(19)18(7-6-17-14(20)10-2-3-10)11-4-5-12(15)13(16)8-11/h4-5,8,10H,2-3,6-7H2,1H3,(H,17,20). The fourth-order valence-corrected chi connectivity index (χ4v) is 2.19. The number of rotatable bonds is 5. The van der Waals surface area contributed by atoms with Gasteiger partial charge in [-0.3, -0.25) is 9.59 Å². The predicted molar refractivity (Wildman–Crippen MR) is 80.2 cm³/mol. The summed E-state index contributed by atoms with van der Waals surface area (Å²) in [4.78, 5) is 24.8. The van der Waals surface area contributed by atoms with Crippen LogP contribution >= 0.6 is 23.2 Å². The highest BCUT2D eigenvalue weighted by Gasteiger charge is 2.29. The van der Waals surface area contributed by atoms with Gasteiger partial charge in [-0.25, -0.2) is 0 Å². The molecule has 1 fully saturated rings. The summed E-state index contributed by atoms with van der Waals surface area (Å²) in [7, 11) is 0. The zero-order valence-corrected chi connectivity index (χ0v) is 12.7. The van der Waals surface area contributed by atoms with E-state index in [2.05, 4.69) is 5.32 Å². The molecule has 0 spiro atoms. The summed E-state index contributed by atoms with van der Waals surface area (Å²) in [6.07, 6.45) is 1.93. The van der Waals surface area contributed by atoms with Crippen molar-refractivity contribution in [1.82, 2.24) is 5.32 Å². The Morgan fingerprint density at radius 2 is 2.00 bits per heavy atom. The van der Waals surface area contributed by atoms with Crippen LogP contribution in [0.4, 0.5) is 5.69 Å². The number of halogens is 2. The maximum atomic E-state index is 11.7. The number of nitrogens with one attached hydrogen (secondary N) is 1. The van der Waals surface area contributed by atoms with Gasteiger partial charge in [-0.1, -0.05) is 23.2 Å². The molecule has 0 unspecified atom stereocenters. The largest absolute Gasteiger partial charge is 0.354 e. The van der Waals surface area contributed by atoms with Gasteiger partial charge in [0, 0.05) is 31.6 Å². The van der Waals surface area contributed by atoms with Gasteiger partial charge in [-0.2, -0.15) is 0 Å². The van der Waals surface area contributed by atoms with Gasteiger partial charge in [0.05, 0.1) is 10.0 Å². The lowest BCUT2D eigenvalue weighted by atomic mass is 10.2. The van der Waals surface area contributed by atoms with Crippen LogP contribution in [0.15, 0.2) is 18.2 Å². The first-order valence-corrected chi connectivity index (χ1v) is 7.25. The third-order valence-corrected chi connectivity index (χ3v) is 3.92. The minimum absolute atomic E-state index is 0.0719. The molecule has 1 aromatic rings. The van der Waals surface area contributed by atoms with Gasteiger partial charge in [0.15, 0.2) is 0 Å². The minimum atomic E-state index is -0.107. The van der Waals surface area contributed by atoms with Crippen LogP contribution in [0.1, 0.15) is 19.8 Å². The van der Waals surface area contributed by atoms with Gasteiger partial charge < -0.3 is 10.2 Å². The molecule has 0 aromatic heterocycles. The SMILES string of the molecule is CC(=O)N(CCNC(=O)C1CC1)c1ccc(Cl)c(Cl)c1. The van der Waals surface area contributed by atoms with Gasteiger partial charge in [-0.05, 0) is 31.0 Å². The summed E-state index contributed by atoms with van der Waals surface area (Å²) in [6.45, 7) is 2.31. The van der Waals surface area contributed by atoms with Gasteiger partial charge in [0.2, 0.25) is 11.8 Å². The molecule has 0 radical (unpaired) electrons. The van der Waals surface area contributed by atoms with Crippen molar-refractivity contribution in [3.05, 3.63) is 28.2 Å². The highest BCUT2D eigenvalue weighted by molar-refractivity contribution is 6.42. The fraction of sp³-hybridized carbons (Fsp3) is 0.429. The third-order valence-electron chi connectivity index (χ3n) is 3.18. The van der Waals surface area contributed by atoms with Gasteiger partial charge in [0.25, 0.3) is 0 Å². The number of carbonyl (C=O) groups is 2. The van der Waals surface area contributed by atoms with Crippen molar-refractivity contribution in [2.45, 2.75) is 19.8 Å². The minimum Gasteiger partial charge on any atom is -0.354 e. The molecule has 0 saturated heterocycles. The summed E-state index contributed by atoms with van der Waals surface area (Å²) < 4.78 is 0. The summed E-state index contributed by atoms with van der Waals surface area (Å²) in [5.41, 5.74) is 0.674. The lowest BCUT2D eigenvalue weighted by Gasteiger charge is -2.21. The zero-order chi connectivity index (χ0) is 14.7. The molecular weight excluding hydrogens is 299 g/mol. The Hall–Kier alpha value is -1.26. The highest BCUT2D eigenvalue weighted by Crippen LogP contribution is 2.29. The molecule has 0 bridgehead atoms. The number of nitrogens with zero attached hydrogens (tertiary/aromatic N) is 1. The van der Waals surface area contributed by atoms with Gasteiger partial charge >= 0.3 is 0 Å². The Kier molecular flexibility index (Phi) is 4.89. The smallest absolute Gasteiger partial charge is 0.223 e. The molecule has 0 heterocycles. The van der Waals surface area contributed by atoms with Crippen LogP contribution in [-0.4, -0.2) is 24.9 Å². The molecule has 6 heteroatoms. The van der Waals surface area contributed by atoms with E-state index in [-0.39, 0.29) is 17.7 Å². The van der Waals surface area contributed by atoms with Crippen molar-refractivity contribution in [1.29, 1.82) is 0 Å². The fourth-order valence-electron chi connectivity index (χ4n) is 1.90. The van der Waals surface area contributed by atoms with E-state index in [0.29, 0.717) is 28.8 Å². The number of anilines is 1. The van der Waals surface area contributed by atoms with Crippen LogP contribution < -0.4 is 10.2 Å². The summed E-state index contributed by atoms with van der Waals surface area (Å²) in [5, 5.41) is 3.68. The normalized spacial score (nSPS) is 13.9. The Morgan fingerprint density at radius 1 is 1.30 bits per heavy atom. The number of hydrogen-bond acceptors (Lipinski definition) is 2. The van der Waals surface area contributed by atoms with Crippen LogP contribution in [-0.2, 0) is 9.59 Å². The molecule has 2 rings (SSSR count). The maximum Gasteiger partial charge on any atom is 0.223 e. The molecule has 0 aliphatic heterocycles. The first kappa shape index (κ1) is 15.1. The number of amides is 2. The van der Waals surface area contributed by atoms with E-state index in [0.717, 1.165) is 12.8 Å². The average molecular weight is 315 g/mol. The first-order valence-electron chi connectivity index (χ1n) is 6.50. The van der Waals surface area contributed by atoms with E-state index in [1.807, 2.05) is 0 Å². The van der Waals surface area contributed by atoms with Gasteiger partial charge in [-0.15, -0.1) is 0 Å². The Morgan fingerprint density at radius 3 is 2.55 bits per heavy atom. The summed E-state index contributed by atoms with van der Waals surface area (Å²) in [6, 6.07) is 5.03. The molecule has 0 atom stereocenters. The third kappa shape index (κ3) is 3.87. The Labute approximate surface area is 128 Å². The van der Waals surface area contributed by atoms with Crippen molar-refractivity contribution in [3.63, 3.8) is 0 Å². The molecule has 20 heavy (non-hydrogen) atoms. The maximum absolute atomic E-state index is 11.7. The van der Waals surface area contributed by atoms with Crippen molar-refractivity contribution in [2.24, 2.45) is 5.92 Å². The molecule has 108 valence electrons. The van der Waals surface area contributed by atoms with Crippen molar-refractivity contribution >= 4 is 40.7 Å². The van der Waals surface area contributed by atoms with E-state index >= 15 is 0 Å². The van der Waals surface area contributed by atoms with E-state index < -0.39 is 0 Å². The zero-order valence-electron chi connectivity index (χ0n) is 11.2. The Balaban J connectivity index is 1.97. The van der Waals surface area contributed by atoms with Crippen molar-refractivity contribution in [2.75, 3.05) is 18.0 Å². The molecule has 1 aliphatic rings. The molecule has 1 saturated carbocycles. The van der Waals surface area contributed by atoms with Crippen LogP contribution in [0, 0.1) is 5.92 Å². The van der Waals surface area contributed by atoms with Crippen LogP contribution in [0.3, 0.4) is 0 Å². The summed E-state index contributed by atoms with van der Waals surface area (Å²) >= 11 is 11.8. The predicted octanol–water partition coefficient (Wildman–Crippen LogP) is 2.87. The summed E-state index contributed by atoms with van der Waals surface area (Å²) in [5.74, 6) is 0.137. The van der Waals surface area contributed by atoms with Crippen LogP contribution in [0.25, 0.3) is 0 Å². The number of hydrogen-bond donors (Lipinski definition) is 1. The molecule has 1 aromatic carbocycles. The van der Waals surface area contributed by atoms with E-state index in [1.165, 1.54) is 6.92 Å². The second-order valence-electron chi connectivity index (χ2n) is 4.83. The molecule has 4 nitrogen and oxygen atoms in total. The van der Waals surface area contributed by atoms with Gasteiger partial charge in [0.1, 0.15) is 0 Å². The first-order chi connectivity index (χ1) is 9.49. The number of benzene rings is 1.